The normalized spacial score (nSPS) is 20.0. The molecule has 1 fully saturated rings. The van der Waals surface area contributed by atoms with Gasteiger partial charge in [-0.15, -0.1) is 11.8 Å². The minimum atomic E-state index is -2.33. The Balaban J connectivity index is 1.31. The zero-order valence-electron chi connectivity index (χ0n) is 23.4. The number of rotatable bonds is 9. The van der Waals surface area contributed by atoms with E-state index in [2.05, 4.69) is 12.2 Å². The number of ether oxygens (including phenoxy) is 2. The number of aliphatic hydroxyl groups is 1. The monoisotopic (exact) mass is 629 g/mol. The van der Waals surface area contributed by atoms with Gasteiger partial charge in [-0.2, -0.15) is 0 Å². The molecule has 11 heteroatoms. The second-order valence-electron chi connectivity index (χ2n) is 10.3. The van der Waals surface area contributed by atoms with E-state index in [1.807, 2.05) is 54.6 Å². The van der Waals surface area contributed by atoms with Crippen molar-refractivity contribution < 1.29 is 41.3 Å². The molecule has 1 heterocycles. The van der Waals surface area contributed by atoms with Gasteiger partial charge < -0.3 is 19.9 Å². The molecule has 1 aliphatic rings. The first kappa shape index (κ1) is 31.6. The number of hydrogen-bond donors (Lipinski definition) is 2. The van der Waals surface area contributed by atoms with E-state index in [0.717, 1.165) is 16.0 Å². The highest BCUT2D eigenvalue weighted by atomic mass is 32.2. The molecule has 5 nitrogen and oxygen atoms in total. The number of carbonyl (C=O) groups excluding carboxylic acids is 1. The number of benzene rings is 4. The predicted molar refractivity (Wildman–Crippen MR) is 154 cm³/mol. The molecule has 0 radical (unpaired) electrons. The average molecular weight is 630 g/mol. The van der Waals surface area contributed by atoms with E-state index in [0.29, 0.717) is 16.9 Å². The molecule has 0 saturated carbocycles. The van der Waals surface area contributed by atoms with Crippen LogP contribution in [0.4, 0.5) is 22.0 Å². The summed E-state index contributed by atoms with van der Waals surface area (Å²) in [7, 11) is 0. The summed E-state index contributed by atoms with van der Waals surface area (Å²) < 4.78 is 81.3. The SMILES string of the molecule is C[C@H]1[C@@H](CSc2ccccc2)O[C@@H](c2ccc(CNC(=O)c3c(F)c(F)c(F)c(F)c3F)cc2)O[C@H]1c1ccc(CO)cc1. The van der Waals surface area contributed by atoms with Crippen LogP contribution in [-0.2, 0) is 22.6 Å². The summed E-state index contributed by atoms with van der Waals surface area (Å²) in [5.41, 5.74) is 1.35. The molecular formula is C33H28F5NO4S. The van der Waals surface area contributed by atoms with Crippen LogP contribution in [0.5, 0.6) is 0 Å². The predicted octanol–water partition coefficient (Wildman–Crippen LogP) is 7.39. The molecule has 4 aromatic carbocycles. The van der Waals surface area contributed by atoms with Crippen LogP contribution in [0.3, 0.4) is 0 Å². The molecule has 2 N–H and O–H groups in total. The van der Waals surface area contributed by atoms with Gasteiger partial charge in [-0.25, -0.2) is 22.0 Å². The lowest BCUT2D eigenvalue weighted by Crippen LogP contribution is -2.38. The molecule has 44 heavy (non-hydrogen) atoms. The van der Waals surface area contributed by atoms with Crippen molar-refractivity contribution in [3.63, 3.8) is 0 Å². The van der Waals surface area contributed by atoms with Gasteiger partial charge in [-0.3, -0.25) is 4.79 Å². The first-order chi connectivity index (χ1) is 21.2. The largest absolute Gasteiger partial charge is 0.392 e. The van der Waals surface area contributed by atoms with E-state index in [9.17, 15) is 31.9 Å². The van der Waals surface area contributed by atoms with Crippen LogP contribution in [0, 0.1) is 35.0 Å². The summed E-state index contributed by atoms with van der Waals surface area (Å²) in [6.45, 7) is 1.75. The van der Waals surface area contributed by atoms with E-state index >= 15 is 0 Å². The number of nitrogens with one attached hydrogen (secondary N) is 1. The average Bonchev–Trinajstić information content (AvgIpc) is 3.06. The Labute approximate surface area is 255 Å². The number of aliphatic hydroxyl groups excluding tert-OH is 1. The minimum absolute atomic E-state index is 0.0150. The Hall–Kier alpha value is -3.77. The first-order valence-electron chi connectivity index (χ1n) is 13.7. The first-order valence-corrected chi connectivity index (χ1v) is 14.7. The second-order valence-corrected chi connectivity index (χ2v) is 11.4. The zero-order valence-corrected chi connectivity index (χ0v) is 24.2. The highest BCUT2D eigenvalue weighted by Crippen LogP contribution is 2.43. The van der Waals surface area contributed by atoms with Gasteiger partial charge in [0.2, 0.25) is 5.82 Å². The molecule has 1 amide bonds. The third kappa shape index (κ3) is 6.81. The summed E-state index contributed by atoms with van der Waals surface area (Å²) >= 11 is 1.67. The van der Waals surface area contributed by atoms with Crippen molar-refractivity contribution in [1.29, 1.82) is 0 Å². The zero-order chi connectivity index (χ0) is 31.4. The molecule has 0 spiro atoms. The van der Waals surface area contributed by atoms with Gasteiger partial charge in [-0.05, 0) is 28.8 Å². The van der Waals surface area contributed by atoms with E-state index in [1.165, 1.54) is 0 Å². The van der Waals surface area contributed by atoms with E-state index < -0.39 is 46.8 Å². The van der Waals surface area contributed by atoms with Crippen molar-refractivity contribution in [1.82, 2.24) is 5.32 Å². The Bertz CT molecular complexity index is 1580. The highest BCUT2D eigenvalue weighted by molar-refractivity contribution is 7.99. The fourth-order valence-corrected chi connectivity index (χ4v) is 5.96. The van der Waals surface area contributed by atoms with Crippen molar-refractivity contribution in [2.75, 3.05) is 5.75 Å². The number of amides is 1. The molecule has 0 bridgehead atoms. The molecule has 230 valence electrons. The fraction of sp³-hybridized carbons (Fsp3) is 0.242. The topological polar surface area (TPSA) is 67.8 Å². The van der Waals surface area contributed by atoms with Crippen LogP contribution < -0.4 is 5.32 Å². The van der Waals surface area contributed by atoms with Crippen molar-refractivity contribution in [2.24, 2.45) is 5.92 Å². The molecule has 1 saturated heterocycles. The summed E-state index contributed by atoms with van der Waals surface area (Å²) in [4.78, 5) is 13.4. The molecule has 4 atom stereocenters. The van der Waals surface area contributed by atoms with Crippen molar-refractivity contribution in [2.45, 2.75) is 43.5 Å². The van der Waals surface area contributed by atoms with Crippen LogP contribution in [0.1, 0.15) is 51.9 Å². The fourth-order valence-electron chi connectivity index (χ4n) is 4.87. The molecular weight excluding hydrogens is 601 g/mol. The molecule has 4 aromatic rings. The summed E-state index contributed by atoms with van der Waals surface area (Å²) in [6.07, 6.45) is -1.25. The molecule has 0 aliphatic carbocycles. The van der Waals surface area contributed by atoms with Gasteiger partial charge in [0.25, 0.3) is 5.91 Å². The maximum Gasteiger partial charge on any atom is 0.257 e. The minimum Gasteiger partial charge on any atom is -0.392 e. The Kier molecular flexibility index (Phi) is 10.00. The van der Waals surface area contributed by atoms with Crippen LogP contribution in [-0.4, -0.2) is 22.9 Å². The summed E-state index contributed by atoms with van der Waals surface area (Å²) in [5.74, 6) is -11.9. The van der Waals surface area contributed by atoms with Crippen LogP contribution in [0.2, 0.25) is 0 Å². The van der Waals surface area contributed by atoms with Gasteiger partial charge in [-0.1, -0.05) is 73.7 Å². The van der Waals surface area contributed by atoms with Crippen LogP contribution in [0.25, 0.3) is 0 Å². The highest BCUT2D eigenvalue weighted by Gasteiger charge is 2.38. The third-order valence-corrected chi connectivity index (χ3v) is 8.52. The molecule has 5 rings (SSSR count). The van der Waals surface area contributed by atoms with Crippen molar-refractivity contribution in [3.05, 3.63) is 136 Å². The molecule has 0 unspecified atom stereocenters. The number of hydrogen-bond acceptors (Lipinski definition) is 5. The Morgan fingerprint density at radius 3 is 1.95 bits per heavy atom. The number of thioether (sulfide) groups is 1. The number of carbonyl (C=O) groups is 1. The quantitative estimate of drug-likeness (QED) is 0.0875. The van der Waals surface area contributed by atoms with E-state index in [4.69, 9.17) is 9.47 Å². The molecule has 1 aliphatic heterocycles. The lowest BCUT2D eigenvalue weighted by atomic mass is 9.91. The lowest BCUT2D eigenvalue weighted by molar-refractivity contribution is -0.268. The van der Waals surface area contributed by atoms with Gasteiger partial charge in [0.1, 0.15) is 5.56 Å². The Morgan fingerprint density at radius 1 is 0.773 bits per heavy atom. The van der Waals surface area contributed by atoms with Crippen LogP contribution in [0.15, 0.2) is 83.8 Å². The second kappa shape index (κ2) is 13.9. The summed E-state index contributed by atoms with van der Waals surface area (Å²) in [5, 5.41) is 11.6. The van der Waals surface area contributed by atoms with E-state index in [-0.39, 0.29) is 31.3 Å². The smallest absolute Gasteiger partial charge is 0.257 e. The lowest BCUT2D eigenvalue weighted by Gasteiger charge is -2.41. The van der Waals surface area contributed by atoms with Gasteiger partial charge in [0.15, 0.2) is 29.6 Å². The standard InChI is InChI=1S/C33H28F5NO4S/c1-18-24(17-44-23-5-3-2-4-6-23)42-33(43-31(18)21-11-9-20(16-40)10-12-21)22-13-7-19(8-14-22)15-39-32(41)25-26(34)28(36)30(38)29(37)27(25)35/h2-14,18,24,31,33,40H,15-17H2,1H3,(H,39,41)/t18-,24+,31+,33+/m0/s1. The maximum atomic E-state index is 14.0. The van der Waals surface area contributed by atoms with Crippen molar-refractivity contribution >= 4 is 17.7 Å². The number of halogens is 5. The van der Waals surface area contributed by atoms with Gasteiger partial charge in [0.05, 0.1) is 18.8 Å². The van der Waals surface area contributed by atoms with Gasteiger partial charge >= 0.3 is 0 Å². The van der Waals surface area contributed by atoms with E-state index in [1.54, 1.807) is 36.0 Å². The summed E-state index contributed by atoms with van der Waals surface area (Å²) in [6, 6.07) is 24.2. The van der Waals surface area contributed by atoms with Crippen molar-refractivity contribution in [3.8, 4) is 0 Å². The van der Waals surface area contributed by atoms with Gasteiger partial charge in [0, 0.05) is 28.7 Å². The maximum absolute atomic E-state index is 14.0. The third-order valence-electron chi connectivity index (χ3n) is 7.42. The van der Waals surface area contributed by atoms with Crippen LogP contribution >= 0.6 is 11.8 Å². The molecule has 0 aromatic heterocycles. The Morgan fingerprint density at radius 2 is 1.34 bits per heavy atom.